The van der Waals surface area contributed by atoms with E-state index in [4.69, 9.17) is 32.5 Å². The van der Waals surface area contributed by atoms with E-state index in [1.54, 1.807) is 32.4 Å². The van der Waals surface area contributed by atoms with Crippen LogP contribution in [0.5, 0.6) is 5.75 Å². The standard InChI is InChI=1S/C45H69NO9Si/c1-14-16-18-40(47)43(39-29-52-42(46-39)24-30(3)33(6)49-10)54-44(48)32(5)23-31(4)41(55-56(12,13)45(7,8)9)27-38-26-37(25-36(53-38)17-15-2)51-28-34-19-21-35(50-11)22-20-34/h14-16,19-22,24,29,31-33,36-38,41,43H,2,17-18,23,25-28H2,1,3-13H3/b16-14+,30-24+/t31-,32-,33?,36?,37?,38?,41+,43?/m1/s1. The highest BCUT2D eigenvalue weighted by atomic mass is 28.4. The first-order valence-corrected chi connectivity index (χ1v) is 23.0. The van der Waals surface area contributed by atoms with Gasteiger partial charge in [-0.2, -0.15) is 0 Å². The van der Waals surface area contributed by atoms with E-state index in [0.29, 0.717) is 25.3 Å². The highest BCUT2D eigenvalue weighted by Gasteiger charge is 2.42. The van der Waals surface area contributed by atoms with Crippen LogP contribution >= 0.6 is 0 Å². The number of allylic oxidation sites excluding steroid dienone is 2. The highest BCUT2D eigenvalue weighted by Crippen LogP contribution is 2.40. The van der Waals surface area contributed by atoms with Crippen molar-refractivity contribution in [3.63, 3.8) is 0 Å². The van der Waals surface area contributed by atoms with Gasteiger partial charge in [0.15, 0.2) is 14.1 Å². The van der Waals surface area contributed by atoms with E-state index in [1.807, 2.05) is 58.0 Å². The first-order valence-electron chi connectivity index (χ1n) is 20.1. The third-order valence-electron chi connectivity index (χ3n) is 11.3. The van der Waals surface area contributed by atoms with E-state index in [1.165, 1.54) is 6.26 Å². The number of ether oxygens (including phenoxy) is 5. The number of ketones is 1. The van der Waals surface area contributed by atoms with Gasteiger partial charge in [0.2, 0.25) is 12.0 Å². The summed E-state index contributed by atoms with van der Waals surface area (Å²) in [5.74, 6) is -0.187. The Bertz CT molecular complexity index is 1590. The molecule has 1 aromatic heterocycles. The Labute approximate surface area is 337 Å². The van der Waals surface area contributed by atoms with E-state index in [0.717, 1.165) is 36.1 Å². The van der Waals surface area contributed by atoms with Crippen LogP contribution in [-0.4, -0.2) is 69.8 Å². The number of Topliss-reactive ketones (excluding diaryl/α,β-unsaturated/α-hetero) is 1. The number of nitrogens with zero attached hydrogens (tertiary/aromatic N) is 1. The SMILES string of the molecule is C=CCC1CC(OCc2ccc(OC)cc2)CC(C[C@H](O[Si](C)(C)C(C)(C)C)[C@H](C)C[C@@H](C)C(=O)OC(C(=O)C/C=C/C)c2coc(/C=C(\C)C(C)OC)n2)O1. The number of esters is 1. The van der Waals surface area contributed by atoms with Gasteiger partial charge in [-0.25, -0.2) is 4.98 Å². The van der Waals surface area contributed by atoms with Crippen molar-refractivity contribution in [3.8, 4) is 5.75 Å². The second-order valence-corrected chi connectivity index (χ2v) is 21.6. The van der Waals surface area contributed by atoms with Gasteiger partial charge >= 0.3 is 5.97 Å². The summed E-state index contributed by atoms with van der Waals surface area (Å²) in [6.07, 6.45) is 10.5. The lowest BCUT2D eigenvalue weighted by molar-refractivity contribution is -0.160. The number of benzene rings is 1. The van der Waals surface area contributed by atoms with Gasteiger partial charge in [-0.15, -0.1) is 6.58 Å². The molecule has 0 spiro atoms. The maximum absolute atomic E-state index is 13.8. The molecular weight excluding hydrogens is 727 g/mol. The molecule has 0 saturated carbocycles. The second kappa shape index (κ2) is 22.0. The van der Waals surface area contributed by atoms with E-state index in [-0.39, 0.29) is 59.4 Å². The van der Waals surface area contributed by atoms with Gasteiger partial charge in [-0.05, 0) is 93.8 Å². The molecule has 1 fully saturated rings. The molecule has 1 aliphatic heterocycles. The molecule has 56 heavy (non-hydrogen) atoms. The zero-order valence-electron chi connectivity index (χ0n) is 36.1. The minimum atomic E-state index is -2.24. The van der Waals surface area contributed by atoms with Gasteiger partial charge in [-0.1, -0.05) is 65.0 Å². The number of rotatable bonds is 22. The van der Waals surface area contributed by atoms with Gasteiger partial charge in [0, 0.05) is 26.0 Å². The minimum Gasteiger partial charge on any atom is -0.497 e. The smallest absolute Gasteiger partial charge is 0.309 e. The maximum Gasteiger partial charge on any atom is 0.309 e. The molecule has 2 heterocycles. The monoisotopic (exact) mass is 795 g/mol. The van der Waals surface area contributed by atoms with Crippen molar-refractivity contribution in [1.82, 2.24) is 4.98 Å². The Balaban J connectivity index is 1.80. The zero-order chi connectivity index (χ0) is 41.6. The van der Waals surface area contributed by atoms with Crippen LogP contribution in [0.4, 0.5) is 0 Å². The van der Waals surface area contributed by atoms with Crippen LogP contribution in [0.25, 0.3) is 6.08 Å². The fourth-order valence-corrected chi connectivity index (χ4v) is 7.93. The van der Waals surface area contributed by atoms with Crippen molar-refractivity contribution in [1.29, 1.82) is 0 Å². The van der Waals surface area contributed by atoms with Crippen molar-refractivity contribution in [2.75, 3.05) is 14.2 Å². The fourth-order valence-electron chi connectivity index (χ4n) is 6.49. The molecule has 10 nitrogen and oxygen atoms in total. The topological polar surface area (TPSA) is 116 Å². The predicted molar refractivity (Wildman–Crippen MR) is 224 cm³/mol. The van der Waals surface area contributed by atoms with Crippen molar-refractivity contribution in [2.24, 2.45) is 11.8 Å². The second-order valence-electron chi connectivity index (χ2n) is 16.9. The summed E-state index contributed by atoms with van der Waals surface area (Å²) in [5.41, 5.74) is 2.24. The van der Waals surface area contributed by atoms with Crippen LogP contribution in [0.3, 0.4) is 0 Å². The molecule has 0 bridgehead atoms. The number of hydrogen-bond acceptors (Lipinski definition) is 10. The summed E-state index contributed by atoms with van der Waals surface area (Å²) in [6.45, 7) is 25.3. The van der Waals surface area contributed by atoms with Gasteiger partial charge < -0.3 is 32.5 Å². The molecule has 2 aromatic rings. The molecule has 1 aliphatic rings. The molecule has 0 N–H and O–H groups in total. The first kappa shape index (κ1) is 47.0. The van der Waals surface area contributed by atoms with Gasteiger partial charge in [-0.3, -0.25) is 9.59 Å². The number of hydrogen-bond donors (Lipinski definition) is 0. The normalized spacial score (nSPS) is 20.9. The Morgan fingerprint density at radius 1 is 1.07 bits per heavy atom. The lowest BCUT2D eigenvalue weighted by Crippen LogP contribution is -2.48. The third kappa shape index (κ3) is 14.2. The van der Waals surface area contributed by atoms with Gasteiger partial charge in [0.1, 0.15) is 17.7 Å². The summed E-state index contributed by atoms with van der Waals surface area (Å²) < 4.78 is 42.7. The average molecular weight is 796 g/mol. The van der Waals surface area contributed by atoms with E-state index in [9.17, 15) is 9.59 Å². The number of carbonyl (C=O) groups excluding carboxylic acids is 2. The van der Waals surface area contributed by atoms with Crippen molar-refractivity contribution in [2.45, 2.75) is 155 Å². The predicted octanol–water partition coefficient (Wildman–Crippen LogP) is 10.4. The summed E-state index contributed by atoms with van der Waals surface area (Å²) in [5, 5.41) is -0.0232. The third-order valence-corrected chi connectivity index (χ3v) is 15.8. The Kier molecular flexibility index (Phi) is 18.5. The molecule has 1 aromatic carbocycles. The minimum absolute atomic E-state index is 0.00962. The van der Waals surface area contributed by atoms with Crippen LogP contribution < -0.4 is 4.74 Å². The summed E-state index contributed by atoms with van der Waals surface area (Å²) in [4.78, 5) is 31.7. The van der Waals surface area contributed by atoms with E-state index >= 15 is 0 Å². The number of carbonyl (C=O) groups is 2. The molecule has 3 rings (SSSR count). The molecule has 0 radical (unpaired) electrons. The molecule has 1 saturated heterocycles. The van der Waals surface area contributed by atoms with E-state index in [2.05, 4.69) is 52.4 Å². The van der Waals surface area contributed by atoms with Crippen LogP contribution in [0.2, 0.25) is 18.1 Å². The summed E-state index contributed by atoms with van der Waals surface area (Å²) >= 11 is 0. The molecule has 5 unspecified atom stereocenters. The zero-order valence-corrected chi connectivity index (χ0v) is 37.1. The van der Waals surface area contributed by atoms with Gasteiger partial charge in [0.05, 0.1) is 50.2 Å². The Morgan fingerprint density at radius 3 is 2.36 bits per heavy atom. The molecule has 11 heteroatoms. The quantitative estimate of drug-likeness (QED) is 0.0648. The van der Waals surface area contributed by atoms with Crippen LogP contribution in [0, 0.1) is 11.8 Å². The van der Waals surface area contributed by atoms with Crippen molar-refractivity contribution < 1.29 is 42.1 Å². The molecule has 0 amide bonds. The van der Waals surface area contributed by atoms with Crippen LogP contribution in [-0.2, 0) is 39.6 Å². The Hall–Kier alpha value is -3.35. The molecule has 8 atom stereocenters. The lowest BCUT2D eigenvalue weighted by Gasteiger charge is -2.43. The van der Waals surface area contributed by atoms with Gasteiger partial charge in [0.25, 0.3) is 0 Å². The maximum atomic E-state index is 13.8. The number of oxazole rings is 1. The average Bonchev–Trinajstić information content (AvgIpc) is 3.61. The summed E-state index contributed by atoms with van der Waals surface area (Å²) in [7, 11) is 1.05. The number of aromatic nitrogens is 1. The molecule has 0 aliphatic carbocycles. The first-order chi connectivity index (χ1) is 26.4. The Morgan fingerprint density at radius 2 is 1.75 bits per heavy atom. The van der Waals surface area contributed by atoms with Crippen molar-refractivity contribution in [3.05, 3.63) is 78.1 Å². The largest absolute Gasteiger partial charge is 0.497 e. The highest BCUT2D eigenvalue weighted by molar-refractivity contribution is 6.74. The molecular formula is C45H69NO9Si. The van der Waals surface area contributed by atoms with E-state index < -0.39 is 26.3 Å². The fraction of sp³-hybridized carbons (Fsp3) is 0.622. The summed E-state index contributed by atoms with van der Waals surface area (Å²) in [6, 6.07) is 7.95. The lowest BCUT2D eigenvalue weighted by atomic mass is 9.87. The molecule has 312 valence electrons. The van der Waals surface area contributed by atoms with Crippen molar-refractivity contribution >= 4 is 26.1 Å². The van der Waals surface area contributed by atoms with Crippen LogP contribution in [0.15, 0.2) is 65.3 Å². The van der Waals surface area contributed by atoms with Crippen LogP contribution in [0.1, 0.15) is 117 Å². The number of methoxy groups -OCH3 is 2.